The molecule has 1 unspecified atom stereocenters. The van der Waals surface area contributed by atoms with Crippen LogP contribution in [-0.2, 0) is 10.2 Å². The van der Waals surface area contributed by atoms with Gasteiger partial charge in [-0.1, -0.05) is 52.3 Å². The molecule has 24 heavy (non-hydrogen) atoms. The first-order chi connectivity index (χ1) is 11.7. The van der Waals surface area contributed by atoms with Gasteiger partial charge >= 0.3 is 0 Å². The Labute approximate surface area is 152 Å². The SMILES string of the molecule is CCN(CC)c1ccc2c(c1)NC(=O)C2(CCBr)c1ccccc1. The molecule has 1 N–H and O–H groups in total. The minimum Gasteiger partial charge on any atom is -0.372 e. The van der Waals surface area contributed by atoms with Gasteiger partial charge in [-0.05, 0) is 43.5 Å². The van der Waals surface area contributed by atoms with E-state index in [0.717, 1.165) is 47.3 Å². The van der Waals surface area contributed by atoms with Crippen LogP contribution in [0.4, 0.5) is 11.4 Å². The highest BCUT2D eigenvalue weighted by Crippen LogP contribution is 2.46. The van der Waals surface area contributed by atoms with Gasteiger partial charge in [0.15, 0.2) is 0 Å². The van der Waals surface area contributed by atoms with Crippen molar-refractivity contribution in [2.24, 2.45) is 0 Å². The number of carbonyl (C=O) groups is 1. The van der Waals surface area contributed by atoms with E-state index in [1.165, 1.54) is 0 Å². The smallest absolute Gasteiger partial charge is 0.239 e. The number of nitrogens with one attached hydrogen (secondary N) is 1. The van der Waals surface area contributed by atoms with Crippen molar-refractivity contribution in [1.29, 1.82) is 0 Å². The van der Waals surface area contributed by atoms with Crippen LogP contribution in [0.25, 0.3) is 0 Å². The summed E-state index contributed by atoms with van der Waals surface area (Å²) in [4.78, 5) is 15.3. The van der Waals surface area contributed by atoms with E-state index in [-0.39, 0.29) is 5.91 Å². The molecular formula is C20H23BrN2O. The number of benzene rings is 2. The van der Waals surface area contributed by atoms with Crippen LogP contribution in [0, 0.1) is 0 Å². The Hall–Kier alpha value is -1.81. The second-order valence-electron chi connectivity index (χ2n) is 6.07. The number of alkyl halides is 1. The molecule has 0 bridgehead atoms. The third-order valence-corrected chi connectivity index (χ3v) is 5.36. The molecule has 0 aromatic heterocycles. The maximum absolute atomic E-state index is 13.0. The molecular weight excluding hydrogens is 364 g/mol. The Morgan fingerprint density at radius 2 is 1.79 bits per heavy atom. The summed E-state index contributed by atoms with van der Waals surface area (Å²) in [7, 11) is 0. The molecule has 0 spiro atoms. The largest absolute Gasteiger partial charge is 0.372 e. The van der Waals surface area contributed by atoms with Gasteiger partial charge in [0.2, 0.25) is 5.91 Å². The molecule has 1 aliphatic heterocycles. The van der Waals surface area contributed by atoms with Crippen molar-refractivity contribution in [3.05, 3.63) is 59.7 Å². The molecule has 0 saturated heterocycles. The molecule has 0 saturated carbocycles. The summed E-state index contributed by atoms with van der Waals surface area (Å²) >= 11 is 3.54. The van der Waals surface area contributed by atoms with Crippen LogP contribution in [0.5, 0.6) is 0 Å². The van der Waals surface area contributed by atoms with Crippen molar-refractivity contribution in [2.75, 3.05) is 28.6 Å². The fourth-order valence-corrected chi connectivity index (χ4v) is 4.28. The fourth-order valence-electron chi connectivity index (χ4n) is 3.69. The molecule has 1 heterocycles. The topological polar surface area (TPSA) is 32.3 Å². The number of anilines is 2. The van der Waals surface area contributed by atoms with Crippen LogP contribution in [-0.4, -0.2) is 24.3 Å². The van der Waals surface area contributed by atoms with E-state index in [4.69, 9.17) is 0 Å². The first-order valence-electron chi connectivity index (χ1n) is 8.49. The Morgan fingerprint density at radius 1 is 1.08 bits per heavy atom. The molecule has 1 amide bonds. The Bertz CT molecular complexity index is 728. The third kappa shape index (κ3) is 2.63. The second-order valence-corrected chi connectivity index (χ2v) is 6.86. The lowest BCUT2D eigenvalue weighted by Gasteiger charge is -2.28. The van der Waals surface area contributed by atoms with Crippen LogP contribution in [0.15, 0.2) is 48.5 Å². The molecule has 2 aromatic carbocycles. The van der Waals surface area contributed by atoms with Gasteiger partial charge in [-0.2, -0.15) is 0 Å². The molecule has 1 atom stereocenters. The number of halogens is 1. The molecule has 0 radical (unpaired) electrons. The summed E-state index contributed by atoms with van der Waals surface area (Å²) in [5, 5.41) is 3.90. The quantitative estimate of drug-likeness (QED) is 0.738. The predicted octanol–water partition coefficient (Wildman–Crippen LogP) is 4.56. The minimum absolute atomic E-state index is 0.0693. The van der Waals surface area contributed by atoms with Crippen molar-refractivity contribution in [3.8, 4) is 0 Å². The highest BCUT2D eigenvalue weighted by molar-refractivity contribution is 9.09. The maximum atomic E-state index is 13.0. The van der Waals surface area contributed by atoms with E-state index in [2.05, 4.69) is 70.3 Å². The Balaban J connectivity index is 2.13. The number of nitrogens with zero attached hydrogens (tertiary/aromatic N) is 1. The molecule has 0 aliphatic carbocycles. The minimum atomic E-state index is -0.609. The van der Waals surface area contributed by atoms with E-state index in [1.54, 1.807) is 0 Å². The van der Waals surface area contributed by atoms with E-state index < -0.39 is 5.41 Å². The Kier molecular flexibility index (Phi) is 4.95. The van der Waals surface area contributed by atoms with Gasteiger partial charge in [0.1, 0.15) is 5.41 Å². The summed E-state index contributed by atoms with van der Waals surface area (Å²) in [6, 6.07) is 16.5. The van der Waals surface area contributed by atoms with E-state index in [1.807, 2.05) is 18.2 Å². The highest BCUT2D eigenvalue weighted by atomic mass is 79.9. The van der Waals surface area contributed by atoms with E-state index in [9.17, 15) is 4.79 Å². The maximum Gasteiger partial charge on any atom is 0.239 e. The van der Waals surface area contributed by atoms with Gasteiger partial charge in [0.25, 0.3) is 0 Å². The summed E-state index contributed by atoms with van der Waals surface area (Å²) in [5.41, 5.74) is 3.61. The van der Waals surface area contributed by atoms with Crippen LogP contribution in [0.1, 0.15) is 31.4 Å². The fraction of sp³-hybridized carbons (Fsp3) is 0.350. The molecule has 4 heteroatoms. The highest BCUT2D eigenvalue weighted by Gasteiger charge is 2.47. The van der Waals surface area contributed by atoms with Crippen molar-refractivity contribution in [3.63, 3.8) is 0 Å². The summed E-state index contributed by atoms with van der Waals surface area (Å²) in [5.74, 6) is 0.0693. The lowest BCUT2D eigenvalue weighted by Crippen LogP contribution is -2.36. The standard InChI is InChI=1S/C20H23BrN2O/c1-3-23(4-2)16-10-11-17-18(14-16)22-19(24)20(17,12-13-21)15-8-6-5-7-9-15/h5-11,14H,3-4,12-13H2,1-2H3,(H,22,24). The summed E-state index contributed by atoms with van der Waals surface area (Å²) < 4.78 is 0. The van der Waals surface area contributed by atoms with Crippen molar-refractivity contribution >= 4 is 33.2 Å². The predicted molar refractivity (Wildman–Crippen MR) is 104 cm³/mol. The zero-order valence-corrected chi connectivity index (χ0v) is 15.8. The number of carbonyl (C=O) groups excluding carboxylic acids is 1. The number of fused-ring (bicyclic) bond motifs is 1. The van der Waals surface area contributed by atoms with Crippen molar-refractivity contribution in [2.45, 2.75) is 25.7 Å². The third-order valence-electron chi connectivity index (χ3n) is 4.96. The molecule has 0 fully saturated rings. The van der Waals surface area contributed by atoms with Gasteiger partial charge in [0, 0.05) is 29.8 Å². The van der Waals surface area contributed by atoms with Crippen LogP contribution in [0.3, 0.4) is 0 Å². The second kappa shape index (κ2) is 6.98. The van der Waals surface area contributed by atoms with Crippen LogP contribution in [0.2, 0.25) is 0 Å². The average Bonchev–Trinajstić information content (AvgIpc) is 2.89. The van der Waals surface area contributed by atoms with Gasteiger partial charge in [-0.25, -0.2) is 0 Å². The van der Waals surface area contributed by atoms with Gasteiger partial charge in [0.05, 0.1) is 0 Å². The van der Waals surface area contributed by atoms with E-state index in [0.29, 0.717) is 0 Å². The van der Waals surface area contributed by atoms with E-state index >= 15 is 0 Å². The number of hydrogen-bond donors (Lipinski definition) is 1. The molecule has 3 nitrogen and oxygen atoms in total. The first-order valence-corrected chi connectivity index (χ1v) is 9.62. The Morgan fingerprint density at radius 3 is 2.42 bits per heavy atom. The monoisotopic (exact) mass is 386 g/mol. The molecule has 1 aliphatic rings. The lowest BCUT2D eigenvalue weighted by molar-refractivity contribution is -0.119. The van der Waals surface area contributed by atoms with Crippen molar-refractivity contribution in [1.82, 2.24) is 0 Å². The van der Waals surface area contributed by atoms with Gasteiger partial charge in [-0.3, -0.25) is 4.79 Å². The zero-order chi connectivity index (χ0) is 17.2. The van der Waals surface area contributed by atoms with Crippen molar-refractivity contribution < 1.29 is 4.79 Å². The summed E-state index contributed by atoms with van der Waals surface area (Å²) in [6.45, 7) is 6.20. The number of hydrogen-bond acceptors (Lipinski definition) is 2. The summed E-state index contributed by atoms with van der Waals surface area (Å²) in [6.07, 6.45) is 0.737. The molecule has 3 rings (SSSR count). The average molecular weight is 387 g/mol. The first kappa shape index (κ1) is 17.0. The van der Waals surface area contributed by atoms with Crippen LogP contribution >= 0.6 is 15.9 Å². The van der Waals surface area contributed by atoms with Gasteiger partial charge < -0.3 is 10.2 Å². The normalized spacial score (nSPS) is 19.0. The molecule has 126 valence electrons. The zero-order valence-electron chi connectivity index (χ0n) is 14.2. The number of rotatable bonds is 6. The lowest BCUT2D eigenvalue weighted by atomic mass is 9.73. The number of amides is 1. The molecule has 2 aromatic rings. The van der Waals surface area contributed by atoms with Crippen LogP contribution < -0.4 is 10.2 Å². The van der Waals surface area contributed by atoms with Gasteiger partial charge in [-0.15, -0.1) is 0 Å².